The minimum absolute atomic E-state index is 0.0264. The van der Waals surface area contributed by atoms with Crippen LogP contribution >= 0.6 is 0 Å². The van der Waals surface area contributed by atoms with Crippen LogP contribution in [0, 0.1) is 0 Å². The van der Waals surface area contributed by atoms with Crippen molar-refractivity contribution in [3.8, 4) is 0 Å². The van der Waals surface area contributed by atoms with Gasteiger partial charge in [0.25, 0.3) is 5.91 Å². The van der Waals surface area contributed by atoms with Crippen LogP contribution in [-0.2, 0) is 11.8 Å². The van der Waals surface area contributed by atoms with E-state index in [1.54, 1.807) is 0 Å². The summed E-state index contributed by atoms with van der Waals surface area (Å²) in [5.74, 6) is 0.912. The number of amides is 1. The molecule has 4 rings (SSSR count). The predicted octanol–water partition coefficient (Wildman–Crippen LogP) is 1.62. The first-order valence-corrected chi connectivity index (χ1v) is 9.95. The average Bonchev–Trinajstić information content (AvgIpc) is 3.35. The Labute approximate surface area is 160 Å². The zero-order valence-corrected chi connectivity index (χ0v) is 16.3. The summed E-state index contributed by atoms with van der Waals surface area (Å²) in [5, 5.41) is 3.08. The van der Waals surface area contributed by atoms with Crippen molar-refractivity contribution in [2.45, 2.75) is 25.8 Å². The van der Waals surface area contributed by atoms with Gasteiger partial charge in [0.05, 0.1) is 24.2 Å². The molecule has 1 aromatic carbocycles. The molecule has 0 aliphatic carbocycles. The number of nitrogens with one attached hydrogen (secondary N) is 1. The van der Waals surface area contributed by atoms with Crippen molar-refractivity contribution in [3.63, 3.8) is 0 Å². The quantitative estimate of drug-likeness (QED) is 0.865. The van der Waals surface area contributed by atoms with E-state index in [1.807, 2.05) is 25.2 Å². The van der Waals surface area contributed by atoms with Crippen molar-refractivity contribution in [2.75, 3.05) is 50.8 Å². The van der Waals surface area contributed by atoms with E-state index >= 15 is 0 Å². The molecule has 1 aromatic heterocycles. The number of anilines is 1. The van der Waals surface area contributed by atoms with Gasteiger partial charge in [0.2, 0.25) is 5.95 Å². The van der Waals surface area contributed by atoms with Gasteiger partial charge in [-0.3, -0.25) is 9.69 Å². The predicted molar refractivity (Wildman–Crippen MR) is 106 cm³/mol. The van der Waals surface area contributed by atoms with Gasteiger partial charge in [0, 0.05) is 38.3 Å². The molecular weight excluding hydrogens is 342 g/mol. The van der Waals surface area contributed by atoms with Gasteiger partial charge in [-0.2, -0.15) is 0 Å². The minimum atomic E-state index is -0.0264. The van der Waals surface area contributed by atoms with Gasteiger partial charge in [0.1, 0.15) is 0 Å². The molecule has 2 aromatic rings. The summed E-state index contributed by atoms with van der Waals surface area (Å²) in [4.78, 5) is 22.1. The van der Waals surface area contributed by atoms with E-state index in [9.17, 15) is 4.79 Å². The Kier molecular flexibility index (Phi) is 5.31. The molecule has 7 heteroatoms. The molecule has 2 fully saturated rings. The zero-order chi connectivity index (χ0) is 18.8. The summed E-state index contributed by atoms with van der Waals surface area (Å²) in [5.41, 5.74) is 2.57. The summed E-state index contributed by atoms with van der Waals surface area (Å²) in [6.45, 7) is 8.29. The number of morpholine rings is 1. The molecule has 3 heterocycles. The lowest BCUT2D eigenvalue weighted by Crippen LogP contribution is -2.40. The molecule has 2 aliphatic heterocycles. The monoisotopic (exact) mass is 371 g/mol. The highest BCUT2D eigenvalue weighted by molar-refractivity contribution is 5.97. The molecule has 0 bridgehead atoms. The lowest BCUT2D eigenvalue weighted by atomic mass is 10.2. The van der Waals surface area contributed by atoms with Crippen molar-refractivity contribution in [1.82, 2.24) is 19.8 Å². The molecule has 146 valence electrons. The highest BCUT2D eigenvalue weighted by Crippen LogP contribution is 2.23. The van der Waals surface area contributed by atoms with Crippen LogP contribution in [0.2, 0.25) is 0 Å². The third-order valence-electron chi connectivity index (χ3n) is 5.74. The second-order valence-electron chi connectivity index (χ2n) is 7.58. The number of aromatic nitrogens is 2. The second-order valence-corrected chi connectivity index (χ2v) is 7.58. The molecule has 1 amide bonds. The SMILES string of the molecule is C[C@H](CNC(=O)c1ccc2c(c1)nc(N1CCOCC1)n2C)N1CCCC1. The summed E-state index contributed by atoms with van der Waals surface area (Å²) in [6, 6.07) is 6.16. The van der Waals surface area contributed by atoms with Gasteiger partial charge in [-0.25, -0.2) is 4.98 Å². The number of rotatable bonds is 5. The van der Waals surface area contributed by atoms with Crippen molar-refractivity contribution in [3.05, 3.63) is 23.8 Å². The second kappa shape index (κ2) is 7.86. The molecule has 1 N–H and O–H groups in total. The number of hydrogen-bond donors (Lipinski definition) is 1. The number of nitrogens with zero attached hydrogens (tertiary/aromatic N) is 4. The molecule has 1 atom stereocenters. The number of fused-ring (bicyclic) bond motifs is 1. The summed E-state index contributed by atoms with van der Waals surface area (Å²) in [7, 11) is 2.03. The summed E-state index contributed by atoms with van der Waals surface area (Å²) >= 11 is 0. The molecule has 2 aliphatic rings. The summed E-state index contributed by atoms with van der Waals surface area (Å²) < 4.78 is 7.53. The van der Waals surface area contributed by atoms with Gasteiger partial charge in [-0.1, -0.05) is 0 Å². The third-order valence-corrected chi connectivity index (χ3v) is 5.74. The Hall–Kier alpha value is -2.12. The first-order chi connectivity index (χ1) is 13.1. The van der Waals surface area contributed by atoms with Gasteiger partial charge in [0.15, 0.2) is 0 Å². The lowest BCUT2D eigenvalue weighted by Gasteiger charge is -2.27. The van der Waals surface area contributed by atoms with Gasteiger partial charge in [-0.15, -0.1) is 0 Å². The maximum atomic E-state index is 12.6. The van der Waals surface area contributed by atoms with Crippen LogP contribution in [0.1, 0.15) is 30.1 Å². The Morgan fingerprint density at radius 2 is 1.96 bits per heavy atom. The van der Waals surface area contributed by atoms with Crippen LogP contribution < -0.4 is 10.2 Å². The number of aryl methyl sites for hydroxylation is 1. The molecule has 0 saturated carbocycles. The van der Waals surface area contributed by atoms with Crippen molar-refractivity contribution < 1.29 is 9.53 Å². The average molecular weight is 371 g/mol. The smallest absolute Gasteiger partial charge is 0.251 e. The van der Waals surface area contributed by atoms with E-state index < -0.39 is 0 Å². The number of hydrogen-bond acceptors (Lipinski definition) is 5. The molecule has 7 nitrogen and oxygen atoms in total. The van der Waals surface area contributed by atoms with E-state index in [2.05, 4.69) is 26.6 Å². The standard InChI is InChI=1S/C20H29N5O2/c1-15(24-7-3-4-8-24)14-21-19(26)16-5-6-18-17(13-16)22-20(23(18)2)25-9-11-27-12-10-25/h5-6,13,15H,3-4,7-12,14H2,1-2H3,(H,21,26)/t15-/m1/s1. The molecule has 27 heavy (non-hydrogen) atoms. The highest BCUT2D eigenvalue weighted by Gasteiger charge is 2.20. The maximum Gasteiger partial charge on any atom is 0.251 e. The fourth-order valence-electron chi connectivity index (χ4n) is 4.03. The largest absolute Gasteiger partial charge is 0.378 e. The number of likely N-dealkylation sites (tertiary alicyclic amines) is 1. The normalized spacial score (nSPS) is 19.6. The van der Waals surface area contributed by atoms with Gasteiger partial charge in [-0.05, 0) is 51.1 Å². The first kappa shape index (κ1) is 18.3. The Bertz CT molecular complexity index is 806. The van der Waals surface area contributed by atoms with Crippen LogP contribution in [0.5, 0.6) is 0 Å². The van der Waals surface area contributed by atoms with E-state index in [4.69, 9.17) is 9.72 Å². The Morgan fingerprint density at radius 1 is 1.22 bits per heavy atom. The third kappa shape index (κ3) is 3.80. The number of imidazole rings is 1. The van der Waals surface area contributed by atoms with Crippen LogP contribution in [0.15, 0.2) is 18.2 Å². The topological polar surface area (TPSA) is 62.6 Å². The van der Waals surface area contributed by atoms with Crippen LogP contribution in [-0.4, -0.2) is 72.3 Å². The number of benzene rings is 1. The van der Waals surface area contributed by atoms with Gasteiger partial charge >= 0.3 is 0 Å². The zero-order valence-electron chi connectivity index (χ0n) is 16.3. The Morgan fingerprint density at radius 3 is 2.70 bits per heavy atom. The Balaban J connectivity index is 1.46. The maximum absolute atomic E-state index is 12.6. The van der Waals surface area contributed by atoms with E-state index in [1.165, 1.54) is 12.8 Å². The fraction of sp³-hybridized carbons (Fsp3) is 0.600. The number of carbonyl (C=O) groups is 1. The molecule has 0 radical (unpaired) electrons. The van der Waals surface area contributed by atoms with Crippen molar-refractivity contribution in [1.29, 1.82) is 0 Å². The van der Waals surface area contributed by atoms with Crippen LogP contribution in [0.4, 0.5) is 5.95 Å². The number of carbonyl (C=O) groups excluding carboxylic acids is 1. The molecule has 2 saturated heterocycles. The van der Waals surface area contributed by atoms with Gasteiger partial charge < -0.3 is 19.5 Å². The molecule has 0 unspecified atom stereocenters. The minimum Gasteiger partial charge on any atom is -0.378 e. The number of ether oxygens (including phenoxy) is 1. The molecule has 0 spiro atoms. The van der Waals surface area contributed by atoms with E-state index in [-0.39, 0.29) is 5.91 Å². The van der Waals surface area contributed by atoms with E-state index in [0.29, 0.717) is 18.2 Å². The highest BCUT2D eigenvalue weighted by atomic mass is 16.5. The van der Waals surface area contributed by atoms with E-state index in [0.717, 1.165) is 56.4 Å². The summed E-state index contributed by atoms with van der Waals surface area (Å²) in [6.07, 6.45) is 2.53. The van der Waals surface area contributed by atoms with Crippen molar-refractivity contribution in [2.24, 2.45) is 7.05 Å². The fourth-order valence-corrected chi connectivity index (χ4v) is 4.03. The lowest BCUT2D eigenvalue weighted by molar-refractivity contribution is 0.0940. The van der Waals surface area contributed by atoms with Crippen molar-refractivity contribution >= 4 is 22.9 Å². The van der Waals surface area contributed by atoms with Crippen LogP contribution in [0.25, 0.3) is 11.0 Å². The van der Waals surface area contributed by atoms with Crippen LogP contribution in [0.3, 0.4) is 0 Å². The molecular formula is C20H29N5O2. The first-order valence-electron chi connectivity index (χ1n) is 9.95.